The highest BCUT2D eigenvalue weighted by Gasteiger charge is 2.05. The van der Waals surface area contributed by atoms with Gasteiger partial charge in [0.25, 0.3) is 5.56 Å². The van der Waals surface area contributed by atoms with Crippen LogP contribution < -0.4 is 10.9 Å². The Morgan fingerprint density at radius 1 is 1.19 bits per heavy atom. The Kier molecular flexibility index (Phi) is 8.04. The van der Waals surface area contributed by atoms with Gasteiger partial charge >= 0.3 is 0 Å². The minimum Gasteiger partial charge on any atom is -0.356 e. The van der Waals surface area contributed by atoms with E-state index in [0.717, 1.165) is 44.2 Å². The van der Waals surface area contributed by atoms with Crippen LogP contribution in [0.5, 0.6) is 0 Å². The molecule has 0 saturated carbocycles. The minimum absolute atomic E-state index is 0.0488. The third kappa shape index (κ3) is 6.09. The van der Waals surface area contributed by atoms with Crippen molar-refractivity contribution in [3.05, 3.63) is 39.4 Å². The summed E-state index contributed by atoms with van der Waals surface area (Å²) >= 11 is 5.31. The van der Waals surface area contributed by atoms with Crippen molar-refractivity contribution in [3.63, 3.8) is 0 Å². The lowest BCUT2D eigenvalue weighted by molar-refractivity contribution is -0.121. The Morgan fingerprint density at radius 3 is 2.73 bits per heavy atom. The van der Waals surface area contributed by atoms with Gasteiger partial charge in [-0.25, -0.2) is 0 Å². The molecule has 2 aromatic rings. The quantitative estimate of drug-likeness (QED) is 0.484. The van der Waals surface area contributed by atoms with Crippen molar-refractivity contribution in [2.24, 2.45) is 5.92 Å². The summed E-state index contributed by atoms with van der Waals surface area (Å²) in [5.74, 6) is 0.797. The first-order valence-corrected chi connectivity index (χ1v) is 9.88. The zero-order chi connectivity index (χ0) is 18.9. The Labute approximate surface area is 159 Å². The van der Waals surface area contributed by atoms with Crippen molar-refractivity contribution in [3.8, 4) is 0 Å². The summed E-state index contributed by atoms with van der Waals surface area (Å²) in [4.78, 5) is 27.4. The number of amides is 1. The lowest BCUT2D eigenvalue weighted by Gasteiger charge is -2.08. The van der Waals surface area contributed by atoms with E-state index in [9.17, 15) is 9.59 Å². The van der Waals surface area contributed by atoms with Gasteiger partial charge in [0.05, 0.1) is 10.9 Å². The predicted octanol–water partition coefficient (Wildman–Crippen LogP) is 4.17. The first kappa shape index (κ1) is 20.4. The molecule has 0 spiro atoms. The average molecular weight is 376 g/mol. The second-order valence-electron chi connectivity index (χ2n) is 7.13. The molecule has 6 heteroatoms. The van der Waals surface area contributed by atoms with Gasteiger partial charge in [-0.2, -0.15) is 0 Å². The molecule has 1 heterocycles. The number of H-pyrrole nitrogens is 1. The Morgan fingerprint density at radius 2 is 1.96 bits per heavy atom. The van der Waals surface area contributed by atoms with E-state index >= 15 is 0 Å². The molecule has 142 valence electrons. The second-order valence-corrected chi connectivity index (χ2v) is 7.52. The van der Waals surface area contributed by atoms with Crippen LogP contribution in [0.3, 0.4) is 0 Å². The summed E-state index contributed by atoms with van der Waals surface area (Å²) in [5, 5.41) is 3.62. The highest BCUT2D eigenvalue weighted by atomic mass is 32.1. The molecule has 2 rings (SSSR count). The molecular formula is C20H29N3O2S. The molecule has 1 amide bonds. The molecule has 0 aliphatic rings. The Balaban J connectivity index is 1.73. The fraction of sp³-hybridized carbons (Fsp3) is 0.550. The fourth-order valence-electron chi connectivity index (χ4n) is 2.96. The third-order valence-electron chi connectivity index (χ3n) is 4.46. The number of unbranched alkanes of at least 4 members (excludes halogenated alkanes) is 2. The summed E-state index contributed by atoms with van der Waals surface area (Å²) in [6.07, 6.45) is 5.27. The molecule has 0 aliphatic heterocycles. The van der Waals surface area contributed by atoms with Crippen molar-refractivity contribution in [1.82, 2.24) is 14.9 Å². The molecule has 5 nitrogen and oxygen atoms in total. The Hall–Kier alpha value is -1.95. The number of carbonyl (C=O) groups excluding carboxylic acids is 1. The van der Waals surface area contributed by atoms with Crippen LogP contribution in [-0.2, 0) is 11.3 Å². The van der Waals surface area contributed by atoms with Crippen LogP contribution in [0.4, 0.5) is 0 Å². The molecule has 1 aromatic carbocycles. The maximum absolute atomic E-state index is 12.5. The first-order chi connectivity index (χ1) is 12.5. The summed E-state index contributed by atoms with van der Waals surface area (Å²) in [5.41, 5.74) is 0.722. The molecule has 26 heavy (non-hydrogen) atoms. The fourth-order valence-corrected chi connectivity index (χ4v) is 3.24. The normalized spacial score (nSPS) is 11.2. The molecule has 0 saturated heterocycles. The number of benzene rings is 1. The number of nitrogens with zero attached hydrogens (tertiary/aromatic N) is 1. The molecule has 0 aliphatic carbocycles. The molecule has 1 aromatic heterocycles. The third-order valence-corrected chi connectivity index (χ3v) is 4.78. The van der Waals surface area contributed by atoms with E-state index in [-0.39, 0.29) is 11.5 Å². The van der Waals surface area contributed by atoms with Crippen LogP contribution in [0.1, 0.15) is 52.4 Å². The number of aromatic nitrogens is 2. The van der Waals surface area contributed by atoms with Crippen LogP contribution in [0.15, 0.2) is 29.1 Å². The van der Waals surface area contributed by atoms with Gasteiger partial charge in [0.2, 0.25) is 5.91 Å². The maximum Gasteiger partial charge on any atom is 0.262 e. The number of para-hydroxylation sites is 1. The number of hydrogen-bond acceptors (Lipinski definition) is 3. The van der Waals surface area contributed by atoms with Crippen LogP contribution in [0.25, 0.3) is 10.9 Å². The van der Waals surface area contributed by atoms with Gasteiger partial charge < -0.3 is 10.3 Å². The zero-order valence-electron chi connectivity index (χ0n) is 15.7. The van der Waals surface area contributed by atoms with E-state index < -0.39 is 0 Å². The van der Waals surface area contributed by atoms with Crippen molar-refractivity contribution in [2.45, 2.75) is 58.9 Å². The van der Waals surface area contributed by atoms with Crippen LogP contribution in [0.2, 0.25) is 0 Å². The smallest absolute Gasteiger partial charge is 0.262 e. The van der Waals surface area contributed by atoms with Gasteiger partial charge in [0, 0.05) is 19.5 Å². The number of carbonyl (C=O) groups is 1. The SMILES string of the molecule is CC(C)CCCNC(=O)CCCCCn1c(=S)[nH]c2ccccc2c1=O. The van der Waals surface area contributed by atoms with Crippen molar-refractivity contribution in [1.29, 1.82) is 0 Å². The van der Waals surface area contributed by atoms with Crippen LogP contribution in [-0.4, -0.2) is 22.0 Å². The van der Waals surface area contributed by atoms with Gasteiger partial charge in [0.1, 0.15) is 0 Å². The van der Waals surface area contributed by atoms with E-state index in [0.29, 0.717) is 29.0 Å². The van der Waals surface area contributed by atoms with Gasteiger partial charge in [-0.15, -0.1) is 0 Å². The molecule has 0 radical (unpaired) electrons. The van der Waals surface area contributed by atoms with Gasteiger partial charge in [-0.1, -0.05) is 32.4 Å². The highest BCUT2D eigenvalue weighted by Crippen LogP contribution is 2.08. The number of rotatable bonds is 10. The monoisotopic (exact) mass is 375 g/mol. The molecular weight excluding hydrogens is 346 g/mol. The largest absolute Gasteiger partial charge is 0.356 e. The first-order valence-electron chi connectivity index (χ1n) is 9.47. The Bertz CT molecular complexity index is 839. The van der Waals surface area contributed by atoms with Crippen LogP contribution >= 0.6 is 12.2 Å². The van der Waals surface area contributed by atoms with Crippen molar-refractivity contribution >= 4 is 29.0 Å². The number of fused-ring (bicyclic) bond motifs is 1. The summed E-state index contributed by atoms with van der Waals surface area (Å²) in [7, 11) is 0. The van der Waals surface area contributed by atoms with E-state index in [2.05, 4.69) is 24.1 Å². The molecule has 0 bridgehead atoms. The van der Waals surface area contributed by atoms with Gasteiger partial charge in [-0.05, 0) is 56.0 Å². The topological polar surface area (TPSA) is 66.9 Å². The maximum atomic E-state index is 12.5. The lowest BCUT2D eigenvalue weighted by atomic mass is 10.1. The van der Waals surface area contributed by atoms with Gasteiger partial charge in [-0.3, -0.25) is 14.2 Å². The second kappa shape index (κ2) is 10.3. The van der Waals surface area contributed by atoms with E-state index in [4.69, 9.17) is 12.2 Å². The summed E-state index contributed by atoms with van der Waals surface area (Å²) in [6.45, 7) is 5.72. The van der Waals surface area contributed by atoms with Crippen molar-refractivity contribution in [2.75, 3.05) is 6.54 Å². The lowest BCUT2D eigenvalue weighted by Crippen LogP contribution is -2.24. The zero-order valence-corrected chi connectivity index (χ0v) is 16.5. The minimum atomic E-state index is -0.0488. The summed E-state index contributed by atoms with van der Waals surface area (Å²) in [6, 6.07) is 7.40. The highest BCUT2D eigenvalue weighted by molar-refractivity contribution is 7.71. The molecule has 0 unspecified atom stereocenters. The van der Waals surface area contributed by atoms with E-state index in [1.807, 2.05) is 24.3 Å². The van der Waals surface area contributed by atoms with Crippen LogP contribution in [0, 0.1) is 10.7 Å². The van der Waals surface area contributed by atoms with Gasteiger partial charge in [0.15, 0.2) is 4.77 Å². The standard InChI is InChI=1S/C20H29N3O2S/c1-15(2)9-8-13-21-18(24)12-4-3-7-14-23-19(25)16-10-5-6-11-17(16)22-20(23)26/h5-6,10-11,15H,3-4,7-9,12-14H2,1-2H3,(H,21,24)(H,22,26). The summed E-state index contributed by atoms with van der Waals surface area (Å²) < 4.78 is 2.07. The molecule has 2 N–H and O–H groups in total. The van der Waals surface area contributed by atoms with Crippen molar-refractivity contribution < 1.29 is 4.79 Å². The number of nitrogens with one attached hydrogen (secondary N) is 2. The number of aromatic amines is 1. The molecule has 0 atom stereocenters. The predicted molar refractivity (Wildman–Crippen MR) is 109 cm³/mol. The van der Waals surface area contributed by atoms with E-state index in [1.54, 1.807) is 4.57 Å². The van der Waals surface area contributed by atoms with E-state index in [1.165, 1.54) is 0 Å². The number of hydrogen-bond donors (Lipinski definition) is 2. The molecule has 0 fully saturated rings. The average Bonchev–Trinajstić information content (AvgIpc) is 2.60.